The molecule has 0 bridgehead atoms. The van der Waals surface area contributed by atoms with Gasteiger partial charge in [0.15, 0.2) is 22.4 Å². The molecule has 0 fully saturated rings. The molecular formula is C14H10ClFN6O2. The number of nitrogens with zero attached hydrogens (tertiary/aromatic N) is 4. The van der Waals surface area contributed by atoms with Crippen LogP contribution in [0.1, 0.15) is 16.2 Å². The number of carbonyl (C=O) groups is 1. The summed E-state index contributed by atoms with van der Waals surface area (Å²) in [7, 11) is 0. The van der Waals surface area contributed by atoms with Gasteiger partial charge in [-0.2, -0.15) is 0 Å². The van der Waals surface area contributed by atoms with E-state index in [0.717, 1.165) is 0 Å². The number of hydrogen-bond donors (Lipinski definition) is 2. The molecule has 0 saturated heterocycles. The molecule has 3 rings (SSSR count). The average molecular weight is 349 g/mol. The van der Waals surface area contributed by atoms with Crippen LogP contribution in [-0.4, -0.2) is 25.8 Å². The summed E-state index contributed by atoms with van der Waals surface area (Å²) in [5, 5.41) is 2.36. The van der Waals surface area contributed by atoms with E-state index in [1.54, 1.807) is 0 Å². The van der Waals surface area contributed by atoms with Gasteiger partial charge in [0.25, 0.3) is 5.91 Å². The third kappa shape index (κ3) is 3.15. The molecule has 0 unspecified atom stereocenters. The number of aromatic nitrogens is 4. The summed E-state index contributed by atoms with van der Waals surface area (Å²) >= 11 is 6.00. The summed E-state index contributed by atoms with van der Waals surface area (Å²) < 4.78 is 18.6. The van der Waals surface area contributed by atoms with Crippen molar-refractivity contribution in [3.63, 3.8) is 0 Å². The number of hydrogen-bond acceptors (Lipinski definition) is 7. The molecular weight excluding hydrogens is 339 g/mol. The zero-order valence-corrected chi connectivity index (χ0v) is 12.8. The van der Waals surface area contributed by atoms with Crippen molar-refractivity contribution in [3.8, 4) is 11.6 Å². The number of oxazole rings is 1. The van der Waals surface area contributed by atoms with E-state index in [9.17, 15) is 9.18 Å². The van der Waals surface area contributed by atoms with Crippen molar-refractivity contribution >= 4 is 23.3 Å². The summed E-state index contributed by atoms with van der Waals surface area (Å²) in [5.41, 5.74) is 5.76. The molecule has 3 heterocycles. The topological polar surface area (TPSA) is 120 Å². The molecule has 0 aliphatic carbocycles. The molecule has 3 N–H and O–H groups in total. The van der Waals surface area contributed by atoms with Gasteiger partial charge in [-0.25, -0.2) is 19.3 Å². The van der Waals surface area contributed by atoms with E-state index in [1.807, 2.05) is 0 Å². The highest BCUT2D eigenvalue weighted by molar-refractivity contribution is 6.31. The SMILES string of the molecule is Nc1nc(-c2ncco2)c(Cl)nc1C(=O)NCc1ncccc1F. The van der Waals surface area contributed by atoms with Crippen molar-refractivity contribution in [1.29, 1.82) is 0 Å². The smallest absolute Gasteiger partial charge is 0.274 e. The second-order valence-electron chi connectivity index (χ2n) is 4.55. The lowest BCUT2D eigenvalue weighted by molar-refractivity contribution is 0.0945. The number of amides is 1. The Balaban J connectivity index is 1.80. The van der Waals surface area contributed by atoms with Crippen LogP contribution < -0.4 is 11.1 Å². The Morgan fingerprint density at radius 3 is 2.88 bits per heavy atom. The molecule has 122 valence electrons. The molecule has 0 aliphatic rings. The minimum absolute atomic E-state index is 0.0832. The van der Waals surface area contributed by atoms with Crippen LogP contribution in [0.25, 0.3) is 11.6 Å². The van der Waals surface area contributed by atoms with Gasteiger partial charge in [0.05, 0.1) is 18.4 Å². The Bertz CT molecular complexity index is 887. The van der Waals surface area contributed by atoms with Crippen LogP contribution in [0, 0.1) is 5.82 Å². The van der Waals surface area contributed by atoms with Crippen LogP contribution in [-0.2, 0) is 6.54 Å². The first-order valence-electron chi connectivity index (χ1n) is 6.66. The van der Waals surface area contributed by atoms with Gasteiger partial charge in [-0.3, -0.25) is 9.78 Å². The lowest BCUT2D eigenvalue weighted by Crippen LogP contribution is -2.26. The first-order valence-corrected chi connectivity index (χ1v) is 7.04. The maximum Gasteiger partial charge on any atom is 0.274 e. The largest absolute Gasteiger partial charge is 0.443 e. The molecule has 10 heteroatoms. The second-order valence-corrected chi connectivity index (χ2v) is 4.91. The quantitative estimate of drug-likeness (QED) is 0.737. The number of nitrogens with two attached hydrogens (primary N) is 1. The van der Waals surface area contributed by atoms with E-state index in [2.05, 4.69) is 25.3 Å². The summed E-state index contributed by atoms with van der Waals surface area (Å²) in [4.78, 5) is 27.8. The van der Waals surface area contributed by atoms with Gasteiger partial charge in [-0.1, -0.05) is 11.6 Å². The monoisotopic (exact) mass is 348 g/mol. The number of carbonyl (C=O) groups excluding carboxylic acids is 1. The average Bonchev–Trinajstić information content (AvgIpc) is 3.10. The van der Waals surface area contributed by atoms with Crippen LogP contribution in [0.15, 0.2) is 35.2 Å². The van der Waals surface area contributed by atoms with Crippen molar-refractivity contribution in [2.45, 2.75) is 6.54 Å². The number of rotatable bonds is 4. The first kappa shape index (κ1) is 15.8. The van der Waals surface area contributed by atoms with E-state index in [1.165, 1.54) is 30.8 Å². The molecule has 0 aromatic carbocycles. The van der Waals surface area contributed by atoms with Gasteiger partial charge in [0.2, 0.25) is 5.89 Å². The van der Waals surface area contributed by atoms with Crippen LogP contribution in [0.5, 0.6) is 0 Å². The molecule has 1 amide bonds. The first-order chi connectivity index (χ1) is 11.6. The Morgan fingerprint density at radius 2 is 2.17 bits per heavy atom. The number of nitrogen functional groups attached to an aromatic ring is 1. The Morgan fingerprint density at radius 1 is 1.33 bits per heavy atom. The molecule has 3 aromatic rings. The maximum atomic E-state index is 13.5. The normalized spacial score (nSPS) is 10.6. The fourth-order valence-corrected chi connectivity index (χ4v) is 2.08. The lowest BCUT2D eigenvalue weighted by Gasteiger charge is -2.08. The maximum absolute atomic E-state index is 13.5. The highest BCUT2D eigenvalue weighted by atomic mass is 35.5. The minimum atomic E-state index is -0.661. The molecule has 24 heavy (non-hydrogen) atoms. The number of anilines is 1. The van der Waals surface area contributed by atoms with E-state index in [0.29, 0.717) is 0 Å². The van der Waals surface area contributed by atoms with Crippen molar-refractivity contribution in [3.05, 3.63) is 53.1 Å². The van der Waals surface area contributed by atoms with E-state index < -0.39 is 11.7 Å². The fraction of sp³-hybridized carbons (Fsp3) is 0.0714. The Hall–Kier alpha value is -3.07. The Labute approximate surface area is 139 Å². The second kappa shape index (κ2) is 6.59. The fourth-order valence-electron chi connectivity index (χ4n) is 1.87. The predicted octanol–water partition coefficient (Wildman–Crippen LogP) is 1.83. The van der Waals surface area contributed by atoms with Crippen LogP contribution in [0.3, 0.4) is 0 Å². The van der Waals surface area contributed by atoms with Gasteiger partial charge < -0.3 is 15.5 Å². The standard InChI is InChI=1S/C14H10ClFN6O2/c15-11-9(14-19-4-5-24-14)22-12(17)10(21-11)13(23)20-6-8-7(16)2-1-3-18-8/h1-5H,6H2,(H2,17,22)(H,20,23). The summed E-state index contributed by atoms with van der Waals surface area (Å²) in [6.07, 6.45) is 4.16. The van der Waals surface area contributed by atoms with E-state index in [-0.39, 0.29) is 40.5 Å². The third-order valence-electron chi connectivity index (χ3n) is 2.98. The number of nitrogens with one attached hydrogen (secondary N) is 1. The van der Waals surface area contributed by atoms with Crippen molar-refractivity contribution < 1.29 is 13.6 Å². The number of pyridine rings is 1. The summed E-state index contributed by atoms with van der Waals surface area (Å²) in [6, 6.07) is 2.69. The summed E-state index contributed by atoms with van der Waals surface area (Å²) in [5.74, 6) is -1.23. The van der Waals surface area contributed by atoms with Gasteiger partial charge in [-0.15, -0.1) is 0 Å². The van der Waals surface area contributed by atoms with Crippen LogP contribution in [0.2, 0.25) is 5.15 Å². The highest BCUT2D eigenvalue weighted by Gasteiger charge is 2.20. The van der Waals surface area contributed by atoms with Crippen molar-refractivity contribution in [1.82, 2.24) is 25.3 Å². The van der Waals surface area contributed by atoms with E-state index in [4.69, 9.17) is 21.8 Å². The molecule has 0 saturated carbocycles. The highest BCUT2D eigenvalue weighted by Crippen LogP contribution is 2.25. The van der Waals surface area contributed by atoms with Gasteiger partial charge in [-0.05, 0) is 12.1 Å². The van der Waals surface area contributed by atoms with Crippen LogP contribution in [0.4, 0.5) is 10.2 Å². The van der Waals surface area contributed by atoms with Gasteiger partial charge >= 0.3 is 0 Å². The summed E-state index contributed by atoms with van der Waals surface area (Å²) in [6.45, 7) is -0.133. The molecule has 3 aromatic heterocycles. The van der Waals surface area contributed by atoms with Crippen LogP contribution >= 0.6 is 11.6 Å². The predicted molar refractivity (Wildman–Crippen MR) is 82.3 cm³/mol. The Kier molecular flexibility index (Phi) is 4.34. The zero-order valence-electron chi connectivity index (χ0n) is 12.0. The molecule has 8 nitrogen and oxygen atoms in total. The number of halogens is 2. The van der Waals surface area contributed by atoms with Crippen molar-refractivity contribution in [2.75, 3.05) is 5.73 Å². The lowest BCUT2D eigenvalue weighted by atomic mass is 10.3. The molecule has 0 spiro atoms. The zero-order chi connectivity index (χ0) is 17.1. The van der Waals surface area contributed by atoms with Gasteiger partial charge in [0, 0.05) is 6.20 Å². The molecule has 0 radical (unpaired) electrons. The minimum Gasteiger partial charge on any atom is -0.443 e. The van der Waals surface area contributed by atoms with Gasteiger partial charge in [0.1, 0.15) is 12.1 Å². The van der Waals surface area contributed by atoms with E-state index >= 15 is 0 Å². The molecule has 0 atom stereocenters. The third-order valence-corrected chi connectivity index (χ3v) is 3.24. The van der Waals surface area contributed by atoms with Crippen molar-refractivity contribution in [2.24, 2.45) is 0 Å². The molecule has 0 aliphatic heterocycles.